The number of aliphatic hydroxyl groups is 1. The van der Waals surface area contributed by atoms with Crippen LogP contribution in [-0.2, 0) is 0 Å². The molecular formula is C10H14F2N4O2. The van der Waals surface area contributed by atoms with Gasteiger partial charge >= 0.3 is 0 Å². The fourth-order valence-corrected chi connectivity index (χ4v) is 1.36. The number of hydrogen-bond donors (Lipinski definition) is 3. The summed E-state index contributed by atoms with van der Waals surface area (Å²) >= 11 is 0. The molecule has 4 N–H and O–H groups in total. The molecule has 1 heterocycles. The number of aromatic nitrogens is 1. The first-order valence-corrected chi connectivity index (χ1v) is 5.20. The van der Waals surface area contributed by atoms with Crippen LogP contribution in [0.4, 0.5) is 14.6 Å². The summed E-state index contributed by atoms with van der Waals surface area (Å²) in [5.41, 5.74) is 2.24. The Morgan fingerprint density at radius 1 is 1.56 bits per heavy atom. The summed E-state index contributed by atoms with van der Waals surface area (Å²) in [5.74, 6) is 4.71. The Bertz CT molecular complexity index is 403. The van der Waals surface area contributed by atoms with Gasteiger partial charge in [-0.15, -0.1) is 0 Å². The molecule has 6 nitrogen and oxygen atoms in total. The molecule has 0 aromatic carbocycles. The van der Waals surface area contributed by atoms with E-state index in [1.54, 1.807) is 0 Å². The number of carbonyl (C=O) groups excluding carboxylic acids is 1. The van der Waals surface area contributed by atoms with Gasteiger partial charge in [-0.3, -0.25) is 4.79 Å². The molecule has 8 heteroatoms. The van der Waals surface area contributed by atoms with Gasteiger partial charge < -0.3 is 15.4 Å². The predicted molar refractivity (Wildman–Crippen MR) is 61.0 cm³/mol. The highest BCUT2D eigenvalue weighted by Crippen LogP contribution is 2.08. The maximum Gasteiger partial charge on any atom is 0.272 e. The first-order valence-electron chi connectivity index (χ1n) is 5.20. The van der Waals surface area contributed by atoms with Gasteiger partial charge in [0.1, 0.15) is 11.5 Å². The zero-order valence-electron chi connectivity index (χ0n) is 9.51. The number of pyridine rings is 1. The quantitative estimate of drug-likeness (QED) is 0.497. The van der Waals surface area contributed by atoms with Crippen LogP contribution in [0.15, 0.2) is 18.2 Å². The molecule has 100 valence electrons. The van der Waals surface area contributed by atoms with Crippen LogP contribution in [0.5, 0.6) is 0 Å². The summed E-state index contributed by atoms with van der Waals surface area (Å²) in [4.78, 5) is 16.6. The Morgan fingerprint density at radius 3 is 2.83 bits per heavy atom. The lowest BCUT2D eigenvalue weighted by Gasteiger charge is -2.20. The van der Waals surface area contributed by atoms with Gasteiger partial charge in [0.25, 0.3) is 12.3 Å². The fourth-order valence-electron chi connectivity index (χ4n) is 1.36. The summed E-state index contributed by atoms with van der Waals surface area (Å²) in [7, 11) is 0. The maximum absolute atomic E-state index is 12.3. The number of nitrogens with one attached hydrogen (secondary N) is 1. The Hall–Kier alpha value is -1.80. The standard InChI is InChI=1S/C10H14F2N4O2/c11-8(12)6-16(4-5-17)10(18)7-2-1-3-9(14-7)15-13/h1-3,8,17H,4-6,13H2,(H,14,15). The van der Waals surface area contributed by atoms with Gasteiger partial charge in [0, 0.05) is 6.54 Å². The molecule has 0 atom stereocenters. The third kappa shape index (κ3) is 3.90. The molecule has 0 bridgehead atoms. The molecule has 0 saturated carbocycles. The van der Waals surface area contributed by atoms with Crippen LogP contribution in [0.3, 0.4) is 0 Å². The van der Waals surface area contributed by atoms with Gasteiger partial charge in [0.05, 0.1) is 13.2 Å². The second-order valence-electron chi connectivity index (χ2n) is 3.42. The Kier molecular flexibility index (Phi) is 5.40. The van der Waals surface area contributed by atoms with Gasteiger partial charge in [-0.1, -0.05) is 6.07 Å². The van der Waals surface area contributed by atoms with E-state index in [-0.39, 0.29) is 18.1 Å². The average molecular weight is 260 g/mol. The largest absolute Gasteiger partial charge is 0.395 e. The summed E-state index contributed by atoms with van der Waals surface area (Å²) in [5, 5.41) is 8.75. The molecule has 0 fully saturated rings. The number of hydrogen-bond acceptors (Lipinski definition) is 5. The normalized spacial score (nSPS) is 10.5. The number of carbonyl (C=O) groups is 1. The zero-order valence-corrected chi connectivity index (χ0v) is 9.51. The van der Waals surface area contributed by atoms with Gasteiger partial charge in [0.2, 0.25) is 0 Å². The van der Waals surface area contributed by atoms with Gasteiger partial charge in [-0.25, -0.2) is 19.6 Å². The molecule has 1 aromatic rings. The third-order valence-electron chi connectivity index (χ3n) is 2.13. The van der Waals surface area contributed by atoms with Crippen molar-refractivity contribution in [3.05, 3.63) is 23.9 Å². The maximum atomic E-state index is 12.3. The van der Waals surface area contributed by atoms with E-state index in [0.717, 1.165) is 4.90 Å². The molecule has 1 aromatic heterocycles. The van der Waals surface area contributed by atoms with Crippen LogP contribution in [0, 0.1) is 0 Å². The molecule has 0 saturated heterocycles. The molecule has 0 unspecified atom stereocenters. The Labute approximate surface area is 102 Å². The zero-order chi connectivity index (χ0) is 13.5. The molecule has 18 heavy (non-hydrogen) atoms. The topological polar surface area (TPSA) is 91.5 Å². The molecule has 0 aliphatic heterocycles. The second kappa shape index (κ2) is 6.82. The summed E-state index contributed by atoms with van der Waals surface area (Å²) < 4.78 is 24.6. The smallest absolute Gasteiger partial charge is 0.272 e. The van der Waals surface area contributed by atoms with Gasteiger partial charge in [-0.05, 0) is 12.1 Å². The molecule has 0 spiro atoms. The van der Waals surface area contributed by atoms with Crippen molar-refractivity contribution in [3.63, 3.8) is 0 Å². The summed E-state index contributed by atoms with van der Waals surface area (Å²) in [6, 6.07) is 4.44. The number of alkyl halides is 2. The highest BCUT2D eigenvalue weighted by atomic mass is 19.3. The van der Waals surface area contributed by atoms with E-state index >= 15 is 0 Å². The highest BCUT2D eigenvalue weighted by Gasteiger charge is 2.20. The summed E-state index contributed by atoms with van der Waals surface area (Å²) in [6.45, 7) is -1.32. The monoisotopic (exact) mass is 260 g/mol. The second-order valence-corrected chi connectivity index (χ2v) is 3.42. The van der Waals surface area contributed by atoms with Crippen molar-refractivity contribution in [2.24, 2.45) is 5.84 Å². The van der Waals surface area contributed by atoms with Gasteiger partial charge in [0.15, 0.2) is 0 Å². The Balaban J connectivity index is 2.86. The van der Waals surface area contributed by atoms with Crippen molar-refractivity contribution in [1.29, 1.82) is 0 Å². The van der Waals surface area contributed by atoms with Crippen molar-refractivity contribution in [2.75, 3.05) is 25.1 Å². The van der Waals surface area contributed by atoms with Gasteiger partial charge in [-0.2, -0.15) is 0 Å². The molecule has 1 rings (SSSR count). The van der Waals surface area contributed by atoms with Crippen LogP contribution in [0.1, 0.15) is 10.5 Å². The van der Waals surface area contributed by atoms with Crippen LogP contribution < -0.4 is 11.3 Å². The van der Waals surface area contributed by atoms with Crippen LogP contribution in [0.2, 0.25) is 0 Å². The minimum absolute atomic E-state index is 0.0143. The van der Waals surface area contributed by atoms with Crippen LogP contribution in [-0.4, -0.2) is 47.0 Å². The number of amides is 1. The number of hydrazine groups is 1. The van der Waals surface area contributed by atoms with E-state index < -0.39 is 25.5 Å². The lowest BCUT2D eigenvalue weighted by molar-refractivity contribution is 0.0504. The highest BCUT2D eigenvalue weighted by molar-refractivity contribution is 5.92. The average Bonchev–Trinajstić information content (AvgIpc) is 2.37. The van der Waals surface area contributed by atoms with E-state index in [9.17, 15) is 13.6 Å². The van der Waals surface area contributed by atoms with Crippen molar-refractivity contribution in [2.45, 2.75) is 6.43 Å². The molecular weight excluding hydrogens is 246 g/mol. The first-order chi connectivity index (χ1) is 8.58. The molecule has 0 radical (unpaired) electrons. The van der Waals surface area contributed by atoms with Crippen molar-refractivity contribution in [1.82, 2.24) is 9.88 Å². The number of nitrogens with zero attached hydrogens (tertiary/aromatic N) is 2. The van der Waals surface area contributed by atoms with E-state index in [4.69, 9.17) is 10.9 Å². The van der Waals surface area contributed by atoms with Crippen molar-refractivity contribution in [3.8, 4) is 0 Å². The van der Waals surface area contributed by atoms with E-state index in [2.05, 4.69) is 10.4 Å². The molecule has 1 amide bonds. The number of rotatable bonds is 6. The minimum atomic E-state index is -2.67. The van der Waals surface area contributed by atoms with E-state index in [0.29, 0.717) is 0 Å². The van der Waals surface area contributed by atoms with Crippen LogP contribution >= 0.6 is 0 Å². The fraction of sp³-hybridized carbons (Fsp3) is 0.400. The lowest BCUT2D eigenvalue weighted by atomic mass is 10.3. The minimum Gasteiger partial charge on any atom is -0.395 e. The SMILES string of the molecule is NNc1cccc(C(=O)N(CCO)CC(F)F)n1. The first kappa shape index (κ1) is 14.3. The molecule has 0 aliphatic rings. The number of nitrogen functional groups attached to an aromatic ring is 1. The third-order valence-corrected chi connectivity index (χ3v) is 2.13. The Morgan fingerprint density at radius 2 is 2.28 bits per heavy atom. The molecule has 0 aliphatic carbocycles. The number of nitrogens with two attached hydrogens (primary N) is 1. The number of halogens is 2. The van der Waals surface area contributed by atoms with E-state index in [1.165, 1.54) is 18.2 Å². The predicted octanol–water partition coefficient (Wildman–Crippen LogP) is 0.0668. The van der Waals surface area contributed by atoms with Crippen molar-refractivity contribution >= 4 is 11.7 Å². The summed E-state index contributed by atoms with van der Waals surface area (Å²) in [6.07, 6.45) is -2.67. The van der Waals surface area contributed by atoms with Crippen LogP contribution in [0.25, 0.3) is 0 Å². The van der Waals surface area contributed by atoms with E-state index in [1.807, 2.05) is 0 Å². The lowest BCUT2D eigenvalue weighted by Crippen LogP contribution is -2.37. The number of aliphatic hydroxyl groups excluding tert-OH is 1. The number of anilines is 1. The van der Waals surface area contributed by atoms with Crippen molar-refractivity contribution < 1.29 is 18.7 Å².